The Morgan fingerprint density at radius 3 is 3.05 bits per heavy atom. The van der Waals surface area contributed by atoms with Crippen LogP contribution in [0.4, 0.5) is 0 Å². The summed E-state index contributed by atoms with van der Waals surface area (Å²) in [5, 5.41) is 7.59. The number of aromatic nitrogens is 2. The molecule has 1 amide bonds. The zero-order valence-electron chi connectivity index (χ0n) is 13.5. The van der Waals surface area contributed by atoms with Gasteiger partial charge in [0, 0.05) is 52.5 Å². The van der Waals surface area contributed by atoms with Crippen molar-refractivity contribution < 1.29 is 9.53 Å². The Bertz CT molecular complexity index is 510. The molecule has 2 saturated heterocycles. The highest BCUT2D eigenvalue weighted by Crippen LogP contribution is 2.29. The van der Waals surface area contributed by atoms with E-state index < -0.39 is 0 Å². The Labute approximate surface area is 131 Å². The van der Waals surface area contributed by atoms with E-state index in [-0.39, 0.29) is 23.8 Å². The van der Waals surface area contributed by atoms with E-state index in [0.717, 1.165) is 38.1 Å². The number of nitrogens with one attached hydrogen (secondary N) is 1. The number of carbonyl (C=O) groups excluding carboxylic acids is 1. The third-order valence-electron chi connectivity index (χ3n) is 4.81. The van der Waals surface area contributed by atoms with Crippen LogP contribution in [-0.4, -0.2) is 60.0 Å². The lowest BCUT2D eigenvalue weighted by atomic mass is 9.90. The van der Waals surface area contributed by atoms with Crippen LogP contribution in [0.3, 0.4) is 0 Å². The van der Waals surface area contributed by atoms with E-state index in [4.69, 9.17) is 4.74 Å². The maximum atomic E-state index is 12.8. The molecule has 0 aromatic carbocycles. The molecule has 122 valence electrons. The number of likely N-dealkylation sites (N-methyl/N-ethyl adjacent to an activating group) is 1. The number of nitrogens with zero attached hydrogens (tertiary/aromatic N) is 3. The fraction of sp³-hybridized carbons (Fsp3) is 0.750. The zero-order chi connectivity index (χ0) is 15.5. The van der Waals surface area contributed by atoms with Gasteiger partial charge in [0.05, 0.1) is 18.2 Å². The highest BCUT2D eigenvalue weighted by molar-refractivity contribution is 5.80. The molecule has 2 aliphatic rings. The summed E-state index contributed by atoms with van der Waals surface area (Å²) >= 11 is 0. The van der Waals surface area contributed by atoms with Crippen LogP contribution in [0.25, 0.3) is 0 Å². The topological polar surface area (TPSA) is 59.4 Å². The zero-order valence-corrected chi connectivity index (χ0v) is 13.5. The molecule has 0 spiro atoms. The highest BCUT2D eigenvalue weighted by Gasteiger charge is 2.36. The summed E-state index contributed by atoms with van der Waals surface area (Å²) in [7, 11) is 3.81. The van der Waals surface area contributed by atoms with Gasteiger partial charge in [-0.25, -0.2) is 0 Å². The summed E-state index contributed by atoms with van der Waals surface area (Å²) in [6.45, 7) is 3.12. The summed E-state index contributed by atoms with van der Waals surface area (Å²) in [5.74, 6) is 0.432. The van der Waals surface area contributed by atoms with Gasteiger partial charge in [0.25, 0.3) is 0 Å². The van der Waals surface area contributed by atoms with Crippen LogP contribution >= 0.6 is 0 Å². The fourth-order valence-electron chi connectivity index (χ4n) is 3.55. The van der Waals surface area contributed by atoms with Crippen molar-refractivity contribution in [2.24, 2.45) is 13.0 Å². The minimum absolute atomic E-state index is 0.00205. The second-order valence-electron chi connectivity index (χ2n) is 6.53. The number of hydrogen-bond donors (Lipinski definition) is 1. The third-order valence-corrected chi connectivity index (χ3v) is 4.81. The number of aryl methyl sites for hydroxylation is 1. The molecule has 0 radical (unpaired) electrons. The molecule has 0 aliphatic carbocycles. The van der Waals surface area contributed by atoms with Crippen LogP contribution in [0, 0.1) is 5.92 Å². The van der Waals surface area contributed by atoms with E-state index >= 15 is 0 Å². The first-order valence-electron chi connectivity index (χ1n) is 8.21. The predicted octanol–water partition coefficient (Wildman–Crippen LogP) is 0.751. The highest BCUT2D eigenvalue weighted by atomic mass is 16.5. The maximum Gasteiger partial charge on any atom is 0.227 e. The van der Waals surface area contributed by atoms with Gasteiger partial charge in [0.15, 0.2) is 0 Å². The standard InChI is InChI=1S/C16H26N4O2/c1-19(11-13-5-3-4-6-22-13)16(21)15-9-17-8-14(15)12-7-18-20(2)10-12/h7,10,13-15,17H,3-6,8-9,11H2,1-2H3/t13?,14-,15+/m1/s1. The molecule has 1 unspecified atom stereocenters. The molecule has 22 heavy (non-hydrogen) atoms. The smallest absolute Gasteiger partial charge is 0.227 e. The van der Waals surface area contributed by atoms with E-state index in [2.05, 4.69) is 10.4 Å². The molecule has 2 aliphatic heterocycles. The second-order valence-corrected chi connectivity index (χ2v) is 6.53. The maximum absolute atomic E-state index is 12.8. The molecule has 3 atom stereocenters. The first-order chi connectivity index (χ1) is 10.6. The summed E-state index contributed by atoms with van der Waals surface area (Å²) < 4.78 is 7.55. The number of amides is 1. The molecule has 1 N–H and O–H groups in total. The number of carbonyl (C=O) groups is 1. The van der Waals surface area contributed by atoms with E-state index in [0.29, 0.717) is 6.54 Å². The average molecular weight is 306 g/mol. The normalized spacial score (nSPS) is 28.7. The first kappa shape index (κ1) is 15.5. The molecule has 1 aromatic rings. The summed E-state index contributed by atoms with van der Waals surface area (Å²) in [5.41, 5.74) is 1.15. The second kappa shape index (κ2) is 6.79. The molecule has 0 saturated carbocycles. The average Bonchev–Trinajstić information content (AvgIpc) is 3.15. The van der Waals surface area contributed by atoms with Crippen molar-refractivity contribution in [2.45, 2.75) is 31.3 Å². The monoisotopic (exact) mass is 306 g/mol. The Kier molecular flexibility index (Phi) is 4.78. The Morgan fingerprint density at radius 2 is 2.36 bits per heavy atom. The Balaban J connectivity index is 1.62. The van der Waals surface area contributed by atoms with Gasteiger partial charge in [-0.05, 0) is 24.8 Å². The van der Waals surface area contributed by atoms with Crippen molar-refractivity contribution in [1.29, 1.82) is 0 Å². The van der Waals surface area contributed by atoms with Crippen molar-refractivity contribution >= 4 is 5.91 Å². The molecule has 6 nitrogen and oxygen atoms in total. The Morgan fingerprint density at radius 1 is 1.50 bits per heavy atom. The molecular weight excluding hydrogens is 280 g/mol. The van der Waals surface area contributed by atoms with Crippen molar-refractivity contribution in [3.05, 3.63) is 18.0 Å². The van der Waals surface area contributed by atoms with Gasteiger partial charge in [-0.15, -0.1) is 0 Å². The van der Waals surface area contributed by atoms with Crippen LogP contribution in [0.1, 0.15) is 30.7 Å². The summed E-state index contributed by atoms with van der Waals surface area (Å²) in [4.78, 5) is 14.7. The van der Waals surface area contributed by atoms with Crippen LogP contribution in [-0.2, 0) is 16.6 Å². The van der Waals surface area contributed by atoms with Gasteiger partial charge in [0.1, 0.15) is 0 Å². The third kappa shape index (κ3) is 3.33. The van der Waals surface area contributed by atoms with Gasteiger partial charge in [0.2, 0.25) is 5.91 Å². The van der Waals surface area contributed by atoms with E-state index in [1.54, 1.807) is 4.68 Å². The molecule has 6 heteroatoms. The largest absolute Gasteiger partial charge is 0.376 e. The quantitative estimate of drug-likeness (QED) is 0.892. The van der Waals surface area contributed by atoms with Crippen LogP contribution in [0.5, 0.6) is 0 Å². The SMILES string of the molecule is CN(CC1CCCCO1)C(=O)[C@H]1CNC[C@@H]1c1cnn(C)c1. The fourth-order valence-corrected chi connectivity index (χ4v) is 3.55. The summed E-state index contributed by atoms with van der Waals surface area (Å²) in [6, 6.07) is 0. The minimum Gasteiger partial charge on any atom is -0.376 e. The molecule has 3 heterocycles. The molecular formula is C16H26N4O2. The number of hydrogen-bond acceptors (Lipinski definition) is 4. The molecule has 2 fully saturated rings. The van der Waals surface area contributed by atoms with Gasteiger partial charge in [-0.2, -0.15) is 5.10 Å². The molecule has 0 bridgehead atoms. The lowest BCUT2D eigenvalue weighted by Gasteiger charge is -2.30. The lowest BCUT2D eigenvalue weighted by molar-refractivity contribution is -0.136. The van der Waals surface area contributed by atoms with Gasteiger partial charge in [-0.3, -0.25) is 9.48 Å². The van der Waals surface area contributed by atoms with Crippen molar-refractivity contribution in [3.8, 4) is 0 Å². The van der Waals surface area contributed by atoms with Gasteiger partial charge < -0.3 is 15.0 Å². The van der Waals surface area contributed by atoms with Crippen molar-refractivity contribution in [1.82, 2.24) is 20.0 Å². The molecule has 3 rings (SSSR count). The van der Waals surface area contributed by atoms with Crippen LogP contribution in [0.2, 0.25) is 0 Å². The van der Waals surface area contributed by atoms with Crippen molar-refractivity contribution in [2.75, 3.05) is 33.3 Å². The van der Waals surface area contributed by atoms with Gasteiger partial charge in [-0.1, -0.05) is 0 Å². The first-order valence-corrected chi connectivity index (χ1v) is 8.21. The number of rotatable bonds is 4. The van der Waals surface area contributed by atoms with Crippen molar-refractivity contribution in [3.63, 3.8) is 0 Å². The summed E-state index contributed by atoms with van der Waals surface area (Å²) in [6.07, 6.45) is 7.51. The lowest BCUT2D eigenvalue weighted by Crippen LogP contribution is -2.41. The predicted molar refractivity (Wildman–Crippen MR) is 83.5 cm³/mol. The van der Waals surface area contributed by atoms with Gasteiger partial charge >= 0.3 is 0 Å². The van der Waals surface area contributed by atoms with Crippen LogP contribution in [0.15, 0.2) is 12.4 Å². The van der Waals surface area contributed by atoms with E-state index in [1.165, 1.54) is 6.42 Å². The molecule has 1 aromatic heterocycles. The van der Waals surface area contributed by atoms with E-state index in [9.17, 15) is 4.79 Å². The number of ether oxygens (including phenoxy) is 1. The minimum atomic E-state index is -0.00205. The van der Waals surface area contributed by atoms with E-state index in [1.807, 2.05) is 31.4 Å². The van der Waals surface area contributed by atoms with Crippen LogP contribution < -0.4 is 5.32 Å². The Hall–Kier alpha value is -1.40.